The van der Waals surface area contributed by atoms with Crippen molar-refractivity contribution in [3.05, 3.63) is 35.9 Å². The number of carbonyl (C=O) groups excluding carboxylic acids is 1. The molecule has 110 valence electrons. The lowest BCUT2D eigenvalue weighted by Gasteiger charge is -2.13. The number of nitrogens with zero attached hydrogens (tertiary/aromatic N) is 1. The molecule has 0 fully saturated rings. The van der Waals surface area contributed by atoms with Crippen LogP contribution < -0.4 is 22.4 Å². The van der Waals surface area contributed by atoms with Crippen LogP contribution in [-0.2, 0) is 11.3 Å². The highest BCUT2D eigenvalue weighted by molar-refractivity contribution is 5.80. The van der Waals surface area contributed by atoms with Gasteiger partial charge >= 0.3 is 6.09 Å². The molecule has 0 aliphatic carbocycles. The number of nitrogens with two attached hydrogens (primary N) is 2. The minimum Gasteiger partial charge on any atom is -0.445 e. The summed E-state index contributed by atoms with van der Waals surface area (Å²) in [6.07, 6.45) is 0.732. The smallest absolute Gasteiger partial charge is 0.407 e. The zero-order chi connectivity index (χ0) is 14.8. The van der Waals surface area contributed by atoms with Gasteiger partial charge in [-0.3, -0.25) is 0 Å². The molecule has 0 aliphatic heterocycles. The fraction of sp³-hybridized carbons (Fsp3) is 0.385. The third kappa shape index (κ3) is 6.60. The van der Waals surface area contributed by atoms with E-state index in [-0.39, 0.29) is 12.6 Å². The number of nitrogens with one attached hydrogen (secondary N) is 2. The van der Waals surface area contributed by atoms with E-state index in [1.807, 2.05) is 37.3 Å². The van der Waals surface area contributed by atoms with Crippen molar-refractivity contribution in [2.24, 2.45) is 16.7 Å². The highest BCUT2D eigenvalue weighted by atomic mass is 16.5. The van der Waals surface area contributed by atoms with E-state index < -0.39 is 6.09 Å². The van der Waals surface area contributed by atoms with Gasteiger partial charge in [0.2, 0.25) is 0 Å². The van der Waals surface area contributed by atoms with E-state index in [4.69, 9.17) is 16.3 Å². The van der Waals surface area contributed by atoms with E-state index in [2.05, 4.69) is 16.0 Å². The summed E-state index contributed by atoms with van der Waals surface area (Å²) >= 11 is 0. The molecule has 1 unspecified atom stereocenters. The standard InChI is InChI=1S/C13H21N5O2/c1-10(7-8-12(14)17-18-15)16-13(19)20-9-11-5-3-2-4-6-11/h2-6,10,18H,7-9,15H2,1H3,(H2,14,17)(H,16,19). The molecule has 0 heterocycles. The predicted octanol–water partition coefficient (Wildman–Crippen LogP) is 0.817. The van der Waals surface area contributed by atoms with Gasteiger partial charge in [0.25, 0.3) is 0 Å². The van der Waals surface area contributed by atoms with E-state index in [9.17, 15) is 4.79 Å². The second-order valence-corrected chi connectivity index (χ2v) is 4.38. The molecule has 0 saturated carbocycles. The van der Waals surface area contributed by atoms with Gasteiger partial charge in [-0.05, 0) is 18.9 Å². The summed E-state index contributed by atoms with van der Waals surface area (Å²) < 4.78 is 5.11. The summed E-state index contributed by atoms with van der Waals surface area (Å²) in [6.45, 7) is 2.12. The molecule has 1 atom stereocenters. The number of alkyl carbamates (subject to hydrolysis) is 1. The van der Waals surface area contributed by atoms with Gasteiger partial charge in [-0.15, -0.1) is 0 Å². The van der Waals surface area contributed by atoms with Crippen LogP contribution in [0.2, 0.25) is 0 Å². The number of hydrazine groups is 1. The maximum absolute atomic E-state index is 11.6. The highest BCUT2D eigenvalue weighted by Gasteiger charge is 2.09. The molecule has 6 N–H and O–H groups in total. The molecule has 7 heteroatoms. The number of carbonyl (C=O) groups is 1. The lowest BCUT2D eigenvalue weighted by molar-refractivity contribution is 0.136. The lowest BCUT2D eigenvalue weighted by Crippen LogP contribution is -2.34. The van der Waals surface area contributed by atoms with Crippen LogP contribution in [-0.4, -0.2) is 18.0 Å². The molecule has 0 aliphatic rings. The summed E-state index contributed by atoms with van der Waals surface area (Å²) in [5, 5.41) is 6.35. The SMILES string of the molecule is CC(CC/C(N)=N/NN)NC(=O)OCc1ccccc1. The molecule has 1 amide bonds. The Hall–Kier alpha value is -2.28. The van der Waals surface area contributed by atoms with Gasteiger partial charge in [0, 0.05) is 12.5 Å². The quantitative estimate of drug-likeness (QED) is 0.255. The van der Waals surface area contributed by atoms with Gasteiger partial charge in [0.15, 0.2) is 0 Å². The summed E-state index contributed by atoms with van der Waals surface area (Å²) in [4.78, 5) is 11.6. The normalized spacial score (nSPS) is 12.6. The molecular weight excluding hydrogens is 258 g/mol. The van der Waals surface area contributed by atoms with E-state index in [0.717, 1.165) is 5.56 Å². The molecule has 1 aromatic carbocycles. The molecule has 20 heavy (non-hydrogen) atoms. The highest BCUT2D eigenvalue weighted by Crippen LogP contribution is 2.02. The summed E-state index contributed by atoms with van der Waals surface area (Å²) in [7, 11) is 0. The molecular formula is C13H21N5O2. The number of hydrogen-bond donors (Lipinski definition) is 4. The van der Waals surface area contributed by atoms with Crippen molar-refractivity contribution in [2.75, 3.05) is 0 Å². The molecule has 0 radical (unpaired) electrons. The minimum atomic E-state index is -0.450. The minimum absolute atomic E-state index is 0.0650. The van der Waals surface area contributed by atoms with Gasteiger partial charge in [0.05, 0.1) is 0 Å². The second-order valence-electron chi connectivity index (χ2n) is 4.38. The maximum atomic E-state index is 11.6. The second kappa shape index (κ2) is 8.76. The first-order chi connectivity index (χ1) is 9.61. The van der Waals surface area contributed by atoms with E-state index in [1.54, 1.807) is 0 Å². The molecule has 1 aromatic rings. The average molecular weight is 279 g/mol. The molecule has 0 spiro atoms. The number of amides is 1. The van der Waals surface area contributed by atoms with Gasteiger partial charge in [-0.2, -0.15) is 5.10 Å². The summed E-state index contributed by atoms with van der Waals surface area (Å²) in [5.41, 5.74) is 8.63. The van der Waals surface area contributed by atoms with Crippen LogP contribution in [0, 0.1) is 0 Å². The zero-order valence-corrected chi connectivity index (χ0v) is 11.5. The fourth-order valence-corrected chi connectivity index (χ4v) is 1.54. The summed E-state index contributed by atoms with van der Waals surface area (Å²) in [6, 6.07) is 9.43. The third-order valence-electron chi connectivity index (χ3n) is 2.62. The van der Waals surface area contributed by atoms with Crippen molar-refractivity contribution in [3.8, 4) is 0 Å². The Morgan fingerprint density at radius 2 is 2.10 bits per heavy atom. The first-order valence-corrected chi connectivity index (χ1v) is 6.36. The number of hydrazone groups is 1. The molecule has 0 aromatic heterocycles. The van der Waals surface area contributed by atoms with Gasteiger partial charge in [-0.1, -0.05) is 30.3 Å². The maximum Gasteiger partial charge on any atom is 0.407 e. The van der Waals surface area contributed by atoms with Gasteiger partial charge in [0.1, 0.15) is 12.4 Å². The van der Waals surface area contributed by atoms with Crippen molar-refractivity contribution in [2.45, 2.75) is 32.4 Å². The number of benzene rings is 1. The van der Waals surface area contributed by atoms with Gasteiger partial charge in [-0.25, -0.2) is 16.2 Å². The Morgan fingerprint density at radius 3 is 2.75 bits per heavy atom. The Morgan fingerprint density at radius 1 is 1.40 bits per heavy atom. The van der Waals surface area contributed by atoms with Crippen molar-refractivity contribution in [1.82, 2.24) is 10.9 Å². The van der Waals surface area contributed by atoms with Crippen LogP contribution in [0.25, 0.3) is 0 Å². The third-order valence-corrected chi connectivity index (χ3v) is 2.62. The van der Waals surface area contributed by atoms with Crippen molar-refractivity contribution in [3.63, 3.8) is 0 Å². The van der Waals surface area contributed by atoms with Crippen LogP contribution in [0.15, 0.2) is 35.4 Å². The van der Waals surface area contributed by atoms with Crippen LogP contribution in [0.5, 0.6) is 0 Å². The molecule has 1 rings (SSSR count). The topological polar surface area (TPSA) is 115 Å². The number of amidine groups is 1. The number of rotatable bonds is 7. The number of ether oxygens (including phenoxy) is 1. The van der Waals surface area contributed by atoms with Crippen LogP contribution >= 0.6 is 0 Å². The van der Waals surface area contributed by atoms with Crippen LogP contribution in [0.1, 0.15) is 25.3 Å². The van der Waals surface area contributed by atoms with Crippen molar-refractivity contribution in [1.29, 1.82) is 0 Å². The van der Waals surface area contributed by atoms with E-state index in [0.29, 0.717) is 18.7 Å². The zero-order valence-electron chi connectivity index (χ0n) is 11.5. The first kappa shape index (κ1) is 15.8. The van der Waals surface area contributed by atoms with Crippen molar-refractivity contribution >= 4 is 11.9 Å². The van der Waals surface area contributed by atoms with Crippen molar-refractivity contribution < 1.29 is 9.53 Å². The fourth-order valence-electron chi connectivity index (χ4n) is 1.54. The average Bonchev–Trinajstić information content (AvgIpc) is 2.44. The lowest BCUT2D eigenvalue weighted by atomic mass is 10.2. The van der Waals surface area contributed by atoms with Crippen LogP contribution in [0.4, 0.5) is 4.79 Å². The number of hydrogen-bond acceptors (Lipinski definition) is 5. The summed E-state index contributed by atoms with van der Waals surface area (Å²) in [5.74, 6) is 5.39. The Labute approximate surface area is 118 Å². The Bertz CT molecular complexity index is 436. The molecule has 0 bridgehead atoms. The van der Waals surface area contributed by atoms with Crippen LogP contribution in [0.3, 0.4) is 0 Å². The largest absolute Gasteiger partial charge is 0.445 e. The van der Waals surface area contributed by atoms with E-state index >= 15 is 0 Å². The van der Waals surface area contributed by atoms with Gasteiger partial charge < -0.3 is 15.8 Å². The molecule has 0 saturated heterocycles. The monoisotopic (exact) mass is 279 g/mol. The Kier molecular flexibility index (Phi) is 6.91. The molecule has 7 nitrogen and oxygen atoms in total. The Balaban J connectivity index is 2.23. The first-order valence-electron chi connectivity index (χ1n) is 6.36. The predicted molar refractivity (Wildman–Crippen MR) is 77.4 cm³/mol. The van der Waals surface area contributed by atoms with E-state index in [1.165, 1.54) is 0 Å².